The minimum Gasteiger partial charge on any atom is -0.302 e. The second kappa shape index (κ2) is 7.26. The topological polar surface area (TPSA) is 54.9 Å². The number of thiazole rings is 2. The van der Waals surface area contributed by atoms with E-state index < -0.39 is 0 Å². The number of hydrogen-bond acceptors (Lipinski definition) is 6. The van der Waals surface area contributed by atoms with Gasteiger partial charge in [-0.25, -0.2) is 9.97 Å². The average Bonchev–Trinajstić information content (AvgIpc) is 3.37. The lowest BCUT2D eigenvalue weighted by atomic mass is 10.2. The summed E-state index contributed by atoms with van der Waals surface area (Å²) in [5.74, 6) is -0.100. The van der Waals surface area contributed by atoms with Crippen molar-refractivity contribution in [2.45, 2.75) is 6.42 Å². The first-order chi connectivity index (χ1) is 12.3. The van der Waals surface area contributed by atoms with Gasteiger partial charge in [-0.15, -0.1) is 34.0 Å². The van der Waals surface area contributed by atoms with Crippen molar-refractivity contribution in [3.63, 3.8) is 0 Å². The molecule has 1 aromatic carbocycles. The van der Waals surface area contributed by atoms with Crippen molar-refractivity contribution in [2.75, 3.05) is 5.32 Å². The molecule has 0 aliphatic heterocycles. The molecule has 3 heterocycles. The number of carbonyl (C=O) groups is 1. The van der Waals surface area contributed by atoms with Gasteiger partial charge in [-0.1, -0.05) is 36.4 Å². The van der Waals surface area contributed by atoms with Gasteiger partial charge in [0.2, 0.25) is 5.91 Å². The van der Waals surface area contributed by atoms with Crippen molar-refractivity contribution in [3.8, 4) is 21.1 Å². The molecule has 0 bridgehead atoms. The molecule has 0 aliphatic rings. The fraction of sp³-hybridized carbons (Fsp3) is 0.0556. The molecule has 4 nitrogen and oxygen atoms in total. The van der Waals surface area contributed by atoms with E-state index in [1.165, 1.54) is 11.3 Å². The summed E-state index contributed by atoms with van der Waals surface area (Å²) in [6.07, 6.45) is 0.247. The van der Waals surface area contributed by atoms with Crippen molar-refractivity contribution < 1.29 is 4.79 Å². The van der Waals surface area contributed by atoms with Crippen LogP contribution < -0.4 is 5.32 Å². The molecule has 3 aromatic heterocycles. The van der Waals surface area contributed by atoms with E-state index in [0.717, 1.165) is 26.8 Å². The molecule has 0 spiro atoms. The Morgan fingerprint density at radius 1 is 0.960 bits per heavy atom. The number of carbonyl (C=O) groups excluding carboxylic acids is 1. The van der Waals surface area contributed by atoms with Crippen molar-refractivity contribution in [3.05, 3.63) is 64.3 Å². The molecule has 0 aliphatic carbocycles. The number of thiophene rings is 1. The Hall–Kier alpha value is -2.35. The monoisotopic (exact) mass is 383 g/mol. The van der Waals surface area contributed by atoms with Gasteiger partial charge < -0.3 is 5.32 Å². The molecular weight excluding hydrogens is 370 g/mol. The van der Waals surface area contributed by atoms with E-state index in [1.54, 1.807) is 22.7 Å². The molecule has 0 fully saturated rings. The number of anilines is 1. The highest BCUT2D eigenvalue weighted by Crippen LogP contribution is 2.28. The normalized spacial score (nSPS) is 10.7. The number of hydrogen-bond donors (Lipinski definition) is 1. The molecule has 4 rings (SSSR count). The van der Waals surface area contributed by atoms with Crippen LogP contribution in [0.5, 0.6) is 0 Å². The maximum atomic E-state index is 12.2. The lowest BCUT2D eigenvalue weighted by Gasteiger charge is -1.99. The molecule has 0 saturated carbocycles. The Kier molecular flexibility index (Phi) is 4.69. The van der Waals surface area contributed by atoms with Crippen molar-refractivity contribution in [1.29, 1.82) is 0 Å². The van der Waals surface area contributed by atoms with Crippen LogP contribution in [0.15, 0.2) is 58.6 Å². The van der Waals surface area contributed by atoms with Crippen LogP contribution in [0, 0.1) is 0 Å². The van der Waals surface area contributed by atoms with Gasteiger partial charge in [0.05, 0.1) is 22.7 Å². The highest BCUT2D eigenvalue weighted by Gasteiger charge is 2.12. The van der Waals surface area contributed by atoms with Crippen molar-refractivity contribution >= 4 is 45.0 Å². The van der Waals surface area contributed by atoms with Crippen LogP contribution in [0.2, 0.25) is 0 Å². The predicted molar refractivity (Wildman–Crippen MR) is 105 cm³/mol. The maximum absolute atomic E-state index is 12.2. The zero-order valence-electron chi connectivity index (χ0n) is 13.0. The third-order valence-electron chi connectivity index (χ3n) is 3.44. The SMILES string of the molecule is O=C(Cc1csc(-c2ccccc2)n1)Nc1nc(-c2cccs2)cs1. The van der Waals surface area contributed by atoms with Gasteiger partial charge in [0.25, 0.3) is 0 Å². The van der Waals surface area contributed by atoms with Crippen LogP contribution in [0.3, 0.4) is 0 Å². The van der Waals surface area contributed by atoms with Crippen LogP contribution in [0.25, 0.3) is 21.1 Å². The number of amides is 1. The van der Waals surface area contributed by atoms with Gasteiger partial charge in [-0.05, 0) is 11.4 Å². The lowest BCUT2D eigenvalue weighted by molar-refractivity contribution is -0.115. The van der Waals surface area contributed by atoms with Gasteiger partial charge in [-0.2, -0.15) is 0 Å². The lowest BCUT2D eigenvalue weighted by Crippen LogP contribution is -2.14. The number of rotatable bonds is 5. The summed E-state index contributed by atoms with van der Waals surface area (Å²) in [7, 11) is 0. The van der Waals surface area contributed by atoms with Crippen molar-refractivity contribution in [1.82, 2.24) is 9.97 Å². The average molecular weight is 384 g/mol. The van der Waals surface area contributed by atoms with E-state index in [-0.39, 0.29) is 12.3 Å². The third kappa shape index (κ3) is 3.84. The minimum absolute atomic E-state index is 0.100. The summed E-state index contributed by atoms with van der Waals surface area (Å²) in [6.45, 7) is 0. The number of nitrogens with zero attached hydrogens (tertiary/aromatic N) is 2. The first-order valence-corrected chi connectivity index (χ1v) is 10.2. The Morgan fingerprint density at radius 2 is 1.84 bits per heavy atom. The van der Waals surface area contributed by atoms with Crippen LogP contribution in [0.4, 0.5) is 5.13 Å². The molecule has 124 valence electrons. The Bertz CT molecular complexity index is 974. The predicted octanol–water partition coefficient (Wildman–Crippen LogP) is 5.18. The highest BCUT2D eigenvalue weighted by atomic mass is 32.1. The zero-order chi connectivity index (χ0) is 17.1. The quantitative estimate of drug-likeness (QED) is 0.517. The van der Waals surface area contributed by atoms with Crippen LogP contribution in [-0.2, 0) is 11.2 Å². The van der Waals surface area contributed by atoms with E-state index >= 15 is 0 Å². The van der Waals surface area contributed by atoms with Crippen LogP contribution >= 0.6 is 34.0 Å². The van der Waals surface area contributed by atoms with Gasteiger partial charge >= 0.3 is 0 Å². The van der Waals surface area contributed by atoms with Gasteiger partial charge in [0.1, 0.15) is 5.01 Å². The minimum atomic E-state index is -0.100. The molecule has 1 amide bonds. The Labute approximate surface area is 156 Å². The number of aromatic nitrogens is 2. The zero-order valence-corrected chi connectivity index (χ0v) is 15.5. The summed E-state index contributed by atoms with van der Waals surface area (Å²) in [6, 6.07) is 14.0. The number of nitrogens with one attached hydrogen (secondary N) is 1. The molecule has 7 heteroatoms. The molecule has 25 heavy (non-hydrogen) atoms. The fourth-order valence-corrected chi connectivity index (χ4v) is 4.61. The standard InChI is InChI=1S/C18H13N3OS3/c22-16(21-18-20-14(11-25-18)15-7-4-8-23-15)9-13-10-24-17(19-13)12-5-2-1-3-6-12/h1-8,10-11H,9H2,(H,20,21,22). The molecule has 1 N–H and O–H groups in total. The fourth-order valence-electron chi connectivity index (χ4n) is 2.30. The summed E-state index contributed by atoms with van der Waals surface area (Å²) in [5.41, 5.74) is 2.74. The second-order valence-corrected chi connectivity index (χ2v) is 7.91. The van der Waals surface area contributed by atoms with Gasteiger partial charge in [0.15, 0.2) is 5.13 Å². The Morgan fingerprint density at radius 3 is 2.64 bits per heavy atom. The summed E-state index contributed by atoms with van der Waals surface area (Å²) < 4.78 is 0. The molecule has 4 aromatic rings. The molecule has 0 unspecified atom stereocenters. The van der Waals surface area contributed by atoms with E-state index in [4.69, 9.17) is 0 Å². The number of benzene rings is 1. The highest BCUT2D eigenvalue weighted by molar-refractivity contribution is 7.16. The van der Waals surface area contributed by atoms with Gasteiger partial charge in [-0.3, -0.25) is 4.79 Å². The smallest absolute Gasteiger partial charge is 0.232 e. The first-order valence-electron chi connectivity index (χ1n) is 7.57. The van der Waals surface area contributed by atoms with E-state index in [0.29, 0.717) is 5.13 Å². The summed E-state index contributed by atoms with van der Waals surface area (Å²) in [5, 5.41) is 10.3. The van der Waals surface area contributed by atoms with E-state index in [2.05, 4.69) is 15.3 Å². The first kappa shape index (κ1) is 16.1. The van der Waals surface area contributed by atoms with Crippen LogP contribution in [0.1, 0.15) is 5.69 Å². The molecular formula is C18H13N3OS3. The van der Waals surface area contributed by atoms with Crippen LogP contribution in [-0.4, -0.2) is 15.9 Å². The second-order valence-electron chi connectivity index (χ2n) is 5.25. The maximum Gasteiger partial charge on any atom is 0.232 e. The van der Waals surface area contributed by atoms with Crippen molar-refractivity contribution in [2.24, 2.45) is 0 Å². The summed E-state index contributed by atoms with van der Waals surface area (Å²) in [4.78, 5) is 22.4. The third-order valence-corrected chi connectivity index (χ3v) is 6.03. The van der Waals surface area contributed by atoms with Gasteiger partial charge in [0, 0.05) is 16.3 Å². The Balaban J connectivity index is 1.40. The molecule has 0 atom stereocenters. The largest absolute Gasteiger partial charge is 0.302 e. The molecule has 0 saturated heterocycles. The van der Waals surface area contributed by atoms with E-state index in [1.807, 2.05) is 58.6 Å². The summed E-state index contributed by atoms with van der Waals surface area (Å²) >= 11 is 4.62. The molecule has 0 radical (unpaired) electrons. The van der Waals surface area contributed by atoms with E-state index in [9.17, 15) is 4.79 Å².